The van der Waals surface area contributed by atoms with Gasteiger partial charge < -0.3 is 10.2 Å². The van der Waals surface area contributed by atoms with Crippen LogP contribution in [0.15, 0.2) is 64.0 Å². The fourth-order valence-electron chi connectivity index (χ4n) is 2.81. The van der Waals surface area contributed by atoms with E-state index in [4.69, 9.17) is 0 Å². The van der Waals surface area contributed by atoms with Crippen molar-refractivity contribution in [2.75, 3.05) is 24.2 Å². The number of aromatic nitrogens is 2. The molecule has 2 amide bonds. The molecule has 0 saturated heterocycles. The van der Waals surface area contributed by atoms with Crippen LogP contribution in [0.3, 0.4) is 0 Å². The van der Waals surface area contributed by atoms with Gasteiger partial charge in [0.15, 0.2) is 0 Å². The molecule has 162 valence electrons. The summed E-state index contributed by atoms with van der Waals surface area (Å²) in [5.74, 6) is 0.218. The van der Waals surface area contributed by atoms with Gasteiger partial charge in [-0.1, -0.05) is 64.5 Å². The van der Waals surface area contributed by atoms with Crippen LogP contribution in [0.4, 0.5) is 5.13 Å². The van der Waals surface area contributed by atoms with Crippen LogP contribution in [0, 0.1) is 0 Å². The van der Waals surface area contributed by atoms with Gasteiger partial charge >= 0.3 is 0 Å². The molecule has 1 aromatic heterocycles. The predicted molar refractivity (Wildman–Crippen MR) is 130 cm³/mol. The Morgan fingerprint density at radius 2 is 1.90 bits per heavy atom. The minimum absolute atomic E-state index is 0.0383. The number of carbonyl (C=O) groups excluding carboxylic acids is 2. The van der Waals surface area contributed by atoms with Crippen molar-refractivity contribution in [2.45, 2.75) is 24.7 Å². The highest BCUT2D eigenvalue weighted by Gasteiger charge is 2.16. The summed E-state index contributed by atoms with van der Waals surface area (Å²) >= 11 is 6.27. The molecule has 0 unspecified atom stereocenters. The molecule has 0 atom stereocenters. The summed E-state index contributed by atoms with van der Waals surface area (Å²) in [5, 5.41) is 12.2. The first-order chi connectivity index (χ1) is 15.0. The van der Waals surface area contributed by atoms with E-state index >= 15 is 0 Å². The van der Waals surface area contributed by atoms with E-state index in [-0.39, 0.29) is 18.2 Å². The van der Waals surface area contributed by atoms with Crippen molar-refractivity contribution in [1.82, 2.24) is 15.1 Å². The van der Waals surface area contributed by atoms with Gasteiger partial charge in [-0.15, -0.1) is 22.0 Å². The van der Waals surface area contributed by atoms with Crippen molar-refractivity contribution in [1.29, 1.82) is 0 Å². The minimum atomic E-state index is -0.179. The lowest BCUT2D eigenvalue weighted by molar-refractivity contribution is -0.128. The number of thioether (sulfide) groups is 1. The molecule has 31 heavy (non-hydrogen) atoms. The topological polar surface area (TPSA) is 75.2 Å². The van der Waals surface area contributed by atoms with Crippen molar-refractivity contribution in [3.05, 3.63) is 59.1 Å². The minimum Gasteiger partial charge on any atom is -0.341 e. The number of hydrogen-bond donors (Lipinski definition) is 1. The zero-order chi connectivity index (χ0) is 22.1. The maximum absolute atomic E-state index is 12.6. The van der Waals surface area contributed by atoms with E-state index < -0.39 is 0 Å². The lowest BCUT2D eigenvalue weighted by Gasteiger charge is -2.21. The van der Waals surface area contributed by atoms with Gasteiger partial charge in [0.1, 0.15) is 5.01 Å². The van der Waals surface area contributed by atoms with E-state index in [0.29, 0.717) is 24.0 Å². The number of carbonyl (C=O) groups is 2. The summed E-state index contributed by atoms with van der Waals surface area (Å²) in [6, 6.07) is 17.6. The Kier molecular flexibility index (Phi) is 9.05. The highest BCUT2D eigenvalue weighted by molar-refractivity contribution is 9.10. The van der Waals surface area contributed by atoms with Crippen LogP contribution in [-0.2, 0) is 9.59 Å². The average Bonchev–Trinajstić information content (AvgIpc) is 3.24. The predicted octanol–water partition coefficient (Wildman–Crippen LogP) is 5.33. The Balaban J connectivity index is 1.50. The Labute approximate surface area is 198 Å². The number of anilines is 1. The van der Waals surface area contributed by atoms with Crippen LogP contribution in [0.25, 0.3) is 10.6 Å². The second kappa shape index (κ2) is 12.0. The second-order valence-corrected chi connectivity index (χ2v) is 9.65. The van der Waals surface area contributed by atoms with Gasteiger partial charge in [0.2, 0.25) is 16.9 Å². The second-order valence-electron chi connectivity index (χ2n) is 6.70. The summed E-state index contributed by atoms with van der Waals surface area (Å²) in [7, 11) is 0. The standard InChI is InChI=1S/C22H23BrN4O2S2/c1-2-12-27(20(29)15-30-18-9-4-3-5-10-18)13-11-19(28)24-22-26-25-21(31-22)16-7-6-8-17(23)14-16/h3-10,14H,2,11-13,15H2,1H3,(H,24,26,28). The number of hydrogen-bond acceptors (Lipinski definition) is 6. The highest BCUT2D eigenvalue weighted by atomic mass is 79.9. The van der Waals surface area contributed by atoms with E-state index in [2.05, 4.69) is 31.4 Å². The molecule has 0 aliphatic heterocycles. The molecule has 3 rings (SSSR count). The Morgan fingerprint density at radius 1 is 1.10 bits per heavy atom. The molecule has 2 aromatic carbocycles. The first-order valence-electron chi connectivity index (χ1n) is 9.90. The van der Waals surface area contributed by atoms with Crippen LogP contribution in [0.2, 0.25) is 0 Å². The highest BCUT2D eigenvalue weighted by Crippen LogP contribution is 2.28. The molecule has 0 aliphatic carbocycles. The fourth-order valence-corrected chi connectivity index (χ4v) is 4.79. The molecule has 0 radical (unpaired) electrons. The summed E-state index contributed by atoms with van der Waals surface area (Å²) in [6.07, 6.45) is 1.06. The SMILES string of the molecule is CCCN(CCC(=O)Nc1nnc(-c2cccc(Br)c2)s1)C(=O)CSc1ccccc1. The van der Waals surface area contributed by atoms with Gasteiger partial charge in [0.05, 0.1) is 5.75 Å². The van der Waals surface area contributed by atoms with Crippen LogP contribution in [0.5, 0.6) is 0 Å². The van der Waals surface area contributed by atoms with E-state index in [0.717, 1.165) is 26.4 Å². The van der Waals surface area contributed by atoms with Gasteiger partial charge in [-0.25, -0.2) is 0 Å². The smallest absolute Gasteiger partial charge is 0.232 e. The first-order valence-corrected chi connectivity index (χ1v) is 12.5. The number of nitrogens with zero attached hydrogens (tertiary/aromatic N) is 3. The summed E-state index contributed by atoms with van der Waals surface area (Å²) in [5.41, 5.74) is 0.933. The van der Waals surface area contributed by atoms with E-state index in [9.17, 15) is 9.59 Å². The molecular formula is C22H23BrN4O2S2. The zero-order valence-corrected chi connectivity index (χ0v) is 20.3. The third-order valence-electron chi connectivity index (χ3n) is 4.30. The Hall–Kier alpha value is -2.23. The molecule has 9 heteroatoms. The van der Waals surface area contributed by atoms with Crippen LogP contribution in [-0.4, -0.2) is 45.8 Å². The van der Waals surface area contributed by atoms with E-state index in [1.807, 2.05) is 61.5 Å². The number of halogens is 1. The molecular weight excluding hydrogens is 496 g/mol. The average molecular weight is 519 g/mol. The monoisotopic (exact) mass is 518 g/mol. The van der Waals surface area contributed by atoms with Crippen molar-refractivity contribution in [2.24, 2.45) is 0 Å². The normalized spacial score (nSPS) is 10.6. The molecule has 1 N–H and O–H groups in total. The maximum atomic E-state index is 12.6. The molecule has 3 aromatic rings. The van der Waals surface area contributed by atoms with Gasteiger partial charge in [-0.3, -0.25) is 9.59 Å². The fraction of sp³-hybridized carbons (Fsp3) is 0.273. The zero-order valence-electron chi connectivity index (χ0n) is 17.1. The molecule has 0 aliphatic rings. The van der Waals surface area contributed by atoms with Crippen molar-refractivity contribution in [3.63, 3.8) is 0 Å². The third-order valence-corrected chi connectivity index (χ3v) is 6.68. The van der Waals surface area contributed by atoms with Crippen LogP contribution >= 0.6 is 39.0 Å². The van der Waals surface area contributed by atoms with E-state index in [1.165, 1.54) is 23.1 Å². The molecule has 0 spiro atoms. The molecule has 0 saturated carbocycles. The van der Waals surface area contributed by atoms with Gasteiger partial charge in [-0.2, -0.15) is 0 Å². The lowest BCUT2D eigenvalue weighted by Crippen LogP contribution is -2.35. The quantitative estimate of drug-likeness (QED) is 0.367. The maximum Gasteiger partial charge on any atom is 0.232 e. The first kappa shape index (κ1) is 23.4. The third kappa shape index (κ3) is 7.45. The Morgan fingerprint density at radius 3 is 2.65 bits per heavy atom. The van der Waals surface area contributed by atoms with Crippen LogP contribution in [0.1, 0.15) is 19.8 Å². The summed E-state index contributed by atoms with van der Waals surface area (Å²) in [6.45, 7) is 3.04. The van der Waals surface area contributed by atoms with Gasteiger partial charge in [0, 0.05) is 34.4 Å². The number of benzene rings is 2. The number of rotatable bonds is 10. The van der Waals surface area contributed by atoms with Crippen molar-refractivity contribution in [3.8, 4) is 10.6 Å². The summed E-state index contributed by atoms with van der Waals surface area (Å²) in [4.78, 5) is 27.8. The Bertz CT molecular complexity index is 1010. The lowest BCUT2D eigenvalue weighted by atomic mass is 10.2. The van der Waals surface area contributed by atoms with Gasteiger partial charge in [0.25, 0.3) is 0 Å². The number of nitrogens with one attached hydrogen (secondary N) is 1. The van der Waals surface area contributed by atoms with E-state index in [1.54, 1.807) is 4.90 Å². The number of amides is 2. The van der Waals surface area contributed by atoms with Crippen LogP contribution < -0.4 is 5.32 Å². The molecule has 6 nitrogen and oxygen atoms in total. The van der Waals surface area contributed by atoms with Gasteiger partial charge in [-0.05, 0) is 30.7 Å². The van der Waals surface area contributed by atoms with Crippen molar-refractivity contribution >= 4 is 56.0 Å². The molecule has 0 fully saturated rings. The largest absolute Gasteiger partial charge is 0.341 e. The molecule has 1 heterocycles. The van der Waals surface area contributed by atoms with Crippen molar-refractivity contribution < 1.29 is 9.59 Å². The summed E-state index contributed by atoms with van der Waals surface area (Å²) < 4.78 is 0.955. The molecule has 0 bridgehead atoms.